The van der Waals surface area contributed by atoms with Crippen molar-refractivity contribution in [3.8, 4) is 0 Å². The maximum Gasteiger partial charge on any atom is 0.310 e. The second-order valence-electron chi connectivity index (χ2n) is 15.3. The molecule has 0 rings (SSSR count). The van der Waals surface area contributed by atoms with Crippen molar-refractivity contribution in [1.29, 1.82) is 0 Å². The lowest BCUT2D eigenvalue weighted by Crippen LogP contribution is -2.30. The van der Waals surface area contributed by atoms with Crippen LogP contribution in [-0.4, -0.2) is 37.2 Å². The molecule has 342 valence electrons. The Morgan fingerprint density at radius 1 is 0.361 bits per heavy atom. The molecule has 1 atom stereocenters. The Morgan fingerprint density at radius 3 is 1.08 bits per heavy atom. The molecule has 0 aromatic heterocycles. The Labute approximate surface area is 373 Å². The lowest BCUT2D eigenvalue weighted by Gasteiger charge is -2.18. The average Bonchev–Trinajstić information content (AvgIpc) is 3.26. The monoisotopic (exact) mass is 843 g/mol. The summed E-state index contributed by atoms with van der Waals surface area (Å²) in [5.74, 6) is -1.11. The van der Waals surface area contributed by atoms with Crippen LogP contribution in [0.2, 0.25) is 0 Å². The fraction of sp³-hybridized carbons (Fsp3) is 0.582. The summed E-state index contributed by atoms with van der Waals surface area (Å²) in [6, 6.07) is 0. The summed E-state index contributed by atoms with van der Waals surface area (Å²) < 4.78 is 16.6. The third-order valence-electron chi connectivity index (χ3n) is 9.49. The zero-order chi connectivity index (χ0) is 44.4. The van der Waals surface area contributed by atoms with E-state index in [1.54, 1.807) is 6.08 Å². The first-order chi connectivity index (χ1) is 30.0. The summed E-state index contributed by atoms with van der Waals surface area (Å²) >= 11 is 0. The van der Waals surface area contributed by atoms with Crippen LogP contribution in [0.3, 0.4) is 0 Å². The third-order valence-corrected chi connectivity index (χ3v) is 9.49. The fourth-order valence-corrected chi connectivity index (χ4v) is 5.95. The van der Waals surface area contributed by atoms with Gasteiger partial charge in [0.15, 0.2) is 6.10 Å². The average molecular weight is 843 g/mol. The van der Waals surface area contributed by atoms with Crippen LogP contribution in [0.1, 0.15) is 188 Å². The number of unbranched alkanes of at least 4 members (excludes halogenated alkanes) is 11. The molecular formula is C55H86O6. The molecule has 61 heavy (non-hydrogen) atoms. The van der Waals surface area contributed by atoms with Crippen molar-refractivity contribution in [2.24, 2.45) is 0 Å². The van der Waals surface area contributed by atoms with E-state index in [4.69, 9.17) is 14.2 Å². The molecule has 0 N–H and O–H groups in total. The van der Waals surface area contributed by atoms with Crippen LogP contribution in [-0.2, 0) is 28.6 Å². The summed E-state index contributed by atoms with van der Waals surface area (Å²) in [6.45, 7) is 6.24. The van der Waals surface area contributed by atoms with Crippen LogP contribution in [0.5, 0.6) is 0 Å². The Bertz CT molecular complexity index is 1340. The minimum Gasteiger partial charge on any atom is -0.462 e. The Kier molecular flexibility index (Phi) is 45.1. The van der Waals surface area contributed by atoms with Crippen LogP contribution in [0, 0.1) is 0 Å². The van der Waals surface area contributed by atoms with Crippen molar-refractivity contribution < 1.29 is 28.6 Å². The standard InChI is InChI=1S/C55H86O6/c1-4-7-10-13-16-19-21-23-25-26-27-28-30-31-33-36-39-42-45-48-54(57)60-51-52(50-59-53(56)47-44-41-38-35-18-15-12-9-6-3)61-55(58)49-46-43-40-37-34-32-29-24-22-20-17-14-11-8-5-2/h7-8,10-11,16-17,19-20,23-25,27-29,31,33-34,37,43,46,52H,4-6,9,12-15,18,21-22,26,30,32,35-36,38-42,44-45,47-51H2,1-3H3/b10-7-,11-8-,19-16-,20-17-,25-23-,28-27-,29-24-,33-31-,37-34-,46-43-. The molecule has 0 aliphatic carbocycles. The van der Waals surface area contributed by atoms with E-state index in [1.165, 1.54) is 38.5 Å². The van der Waals surface area contributed by atoms with E-state index < -0.39 is 12.1 Å². The molecule has 0 bridgehead atoms. The van der Waals surface area contributed by atoms with Crippen LogP contribution >= 0.6 is 0 Å². The van der Waals surface area contributed by atoms with E-state index in [0.717, 1.165) is 103 Å². The van der Waals surface area contributed by atoms with Crippen LogP contribution in [0.25, 0.3) is 0 Å². The molecule has 0 aromatic carbocycles. The lowest BCUT2D eigenvalue weighted by atomic mass is 10.1. The SMILES string of the molecule is CC/C=C\C/C=C\C/C=C\C/C=C\C/C=C\CCCCCC(=O)OCC(COC(=O)CCCCCCCCCCC)OC(=O)C/C=C\C/C=C\C/C=C\C/C=C\C/C=C\CC. The number of carbonyl (C=O) groups is 3. The molecule has 0 aliphatic rings. The quantitative estimate of drug-likeness (QED) is 0.0264. The Morgan fingerprint density at radius 2 is 0.689 bits per heavy atom. The fourth-order valence-electron chi connectivity index (χ4n) is 5.95. The molecule has 0 spiro atoms. The number of carbonyl (C=O) groups excluding carboxylic acids is 3. The van der Waals surface area contributed by atoms with Gasteiger partial charge in [-0.2, -0.15) is 0 Å². The van der Waals surface area contributed by atoms with Gasteiger partial charge < -0.3 is 14.2 Å². The van der Waals surface area contributed by atoms with Crippen molar-refractivity contribution in [2.75, 3.05) is 13.2 Å². The van der Waals surface area contributed by atoms with Gasteiger partial charge in [0.2, 0.25) is 0 Å². The highest BCUT2D eigenvalue weighted by molar-refractivity contribution is 5.72. The first-order valence-electron chi connectivity index (χ1n) is 24.0. The van der Waals surface area contributed by atoms with Crippen LogP contribution in [0.4, 0.5) is 0 Å². The zero-order valence-electron chi connectivity index (χ0n) is 38.9. The molecule has 0 aliphatic heterocycles. The van der Waals surface area contributed by atoms with Gasteiger partial charge in [-0.1, -0.05) is 200 Å². The lowest BCUT2D eigenvalue weighted by molar-refractivity contribution is -0.166. The van der Waals surface area contributed by atoms with E-state index in [2.05, 4.69) is 130 Å². The predicted molar refractivity (Wildman–Crippen MR) is 260 cm³/mol. The van der Waals surface area contributed by atoms with Gasteiger partial charge in [0.1, 0.15) is 13.2 Å². The Hall–Kier alpha value is -4.19. The van der Waals surface area contributed by atoms with Crippen molar-refractivity contribution in [1.82, 2.24) is 0 Å². The Balaban J connectivity index is 4.55. The van der Waals surface area contributed by atoms with E-state index >= 15 is 0 Å². The van der Waals surface area contributed by atoms with Crippen LogP contribution in [0.15, 0.2) is 122 Å². The van der Waals surface area contributed by atoms with Gasteiger partial charge in [-0.25, -0.2) is 0 Å². The largest absolute Gasteiger partial charge is 0.462 e. The molecule has 0 aromatic rings. The van der Waals surface area contributed by atoms with E-state index in [9.17, 15) is 14.4 Å². The molecular weight excluding hydrogens is 757 g/mol. The first kappa shape index (κ1) is 56.8. The van der Waals surface area contributed by atoms with Crippen molar-refractivity contribution >= 4 is 17.9 Å². The highest BCUT2D eigenvalue weighted by atomic mass is 16.6. The molecule has 6 heteroatoms. The smallest absolute Gasteiger partial charge is 0.310 e. The number of ether oxygens (including phenoxy) is 3. The van der Waals surface area contributed by atoms with Gasteiger partial charge in [0, 0.05) is 12.8 Å². The minimum atomic E-state index is -0.846. The molecule has 1 unspecified atom stereocenters. The number of hydrogen-bond donors (Lipinski definition) is 0. The maximum absolute atomic E-state index is 12.7. The first-order valence-corrected chi connectivity index (χ1v) is 24.0. The maximum atomic E-state index is 12.7. The second kappa shape index (κ2) is 48.5. The van der Waals surface area contributed by atoms with Gasteiger partial charge in [-0.15, -0.1) is 0 Å². The molecule has 0 heterocycles. The molecule has 0 amide bonds. The molecule has 0 saturated carbocycles. The minimum absolute atomic E-state index is 0.0856. The molecule has 0 fully saturated rings. The number of hydrogen-bond acceptors (Lipinski definition) is 6. The number of rotatable bonds is 41. The predicted octanol–water partition coefficient (Wildman–Crippen LogP) is 15.7. The summed E-state index contributed by atoms with van der Waals surface area (Å²) in [6.07, 6.45) is 66.4. The van der Waals surface area contributed by atoms with Crippen molar-refractivity contribution in [2.45, 2.75) is 194 Å². The number of esters is 3. The molecule has 0 saturated heterocycles. The van der Waals surface area contributed by atoms with Gasteiger partial charge in [-0.3, -0.25) is 14.4 Å². The van der Waals surface area contributed by atoms with Gasteiger partial charge >= 0.3 is 17.9 Å². The highest BCUT2D eigenvalue weighted by Crippen LogP contribution is 2.12. The van der Waals surface area contributed by atoms with E-state index in [-0.39, 0.29) is 31.6 Å². The van der Waals surface area contributed by atoms with E-state index in [0.29, 0.717) is 19.3 Å². The summed E-state index contributed by atoms with van der Waals surface area (Å²) in [7, 11) is 0. The summed E-state index contributed by atoms with van der Waals surface area (Å²) in [5.41, 5.74) is 0. The summed E-state index contributed by atoms with van der Waals surface area (Å²) in [5, 5.41) is 0. The van der Waals surface area contributed by atoms with Crippen molar-refractivity contribution in [3.63, 3.8) is 0 Å². The van der Waals surface area contributed by atoms with Crippen LogP contribution < -0.4 is 0 Å². The molecule has 6 nitrogen and oxygen atoms in total. The third kappa shape index (κ3) is 46.7. The topological polar surface area (TPSA) is 78.9 Å². The van der Waals surface area contributed by atoms with Gasteiger partial charge in [0.25, 0.3) is 0 Å². The van der Waals surface area contributed by atoms with E-state index in [1.807, 2.05) is 6.08 Å². The van der Waals surface area contributed by atoms with Gasteiger partial charge in [-0.05, 0) is 89.9 Å². The zero-order valence-corrected chi connectivity index (χ0v) is 38.9. The van der Waals surface area contributed by atoms with Crippen molar-refractivity contribution in [3.05, 3.63) is 122 Å². The second-order valence-corrected chi connectivity index (χ2v) is 15.3. The number of allylic oxidation sites excluding steroid dienone is 19. The summed E-state index contributed by atoms with van der Waals surface area (Å²) in [4.78, 5) is 37.7. The van der Waals surface area contributed by atoms with Gasteiger partial charge in [0.05, 0.1) is 6.42 Å². The highest BCUT2D eigenvalue weighted by Gasteiger charge is 2.19. The normalized spacial score (nSPS) is 13.2. The molecule has 0 radical (unpaired) electrons.